The van der Waals surface area contributed by atoms with Gasteiger partial charge in [-0.1, -0.05) is 13.0 Å². The van der Waals surface area contributed by atoms with Crippen molar-refractivity contribution in [2.75, 3.05) is 13.2 Å². The van der Waals surface area contributed by atoms with Crippen LogP contribution in [0.15, 0.2) is 23.3 Å². The Bertz CT molecular complexity index is 705. The second kappa shape index (κ2) is 12.1. The van der Waals surface area contributed by atoms with E-state index in [1.54, 1.807) is 17.5 Å². The Labute approximate surface area is 176 Å². The molecule has 0 aliphatic carbocycles. The number of thiazole rings is 1. The summed E-state index contributed by atoms with van der Waals surface area (Å²) in [7, 11) is 0. The summed E-state index contributed by atoms with van der Waals surface area (Å²) in [6.07, 6.45) is 2.70. The van der Waals surface area contributed by atoms with E-state index < -0.39 is 0 Å². The number of aliphatic imine (C=N–C) groups is 1. The highest BCUT2D eigenvalue weighted by molar-refractivity contribution is 14.0. The Hall–Kier alpha value is -1.42. The van der Waals surface area contributed by atoms with Gasteiger partial charge in [0.05, 0.1) is 30.4 Å². The van der Waals surface area contributed by atoms with Crippen LogP contribution in [0.3, 0.4) is 0 Å². The zero-order valence-electron chi connectivity index (χ0n) is 15.8. The maximum absolute atomic E-state index is 5.70. The Balaban J connectivity index is 0.00000338. The molecule has 144 valence electrons. The van der Waals surface area contributed by atoms with Gasteiger partial charge < -0.3 is 15.4 Å². The van der Waals surface area contributed by atoms with Gasteiger partial charge in [-0.15, -0.1) is 35.3 Å². The lowest BCUT2D eigenvalue weighted by Gasteiger charge is -2.12. The molecule has 2 rings (SSSR count). The van der Waals surface area contributed by atoms with Gasteiger partial charge in [0.2, 0.25) is 5.88 Å². The summed E-state index contributed by atoms with van der Waals surface area (Å²) in [5.41, 5.74) is 2.06. The fourth-order valence-corrected chi connectivity index (χ4v) is 3.16. The van der Waals surface area contributed by atoms with Gasteiger partial charge in [-0.05, 0) is 33.3 Å². The van der Waals surface area contributed by atoms with Gasteiger partial charge in [-0.25, -0.2) is 15.0 Å². The first-order valence-corrected chi connectivity index (χ1v) is 9.47. The number of hydrogen-bond acceptors (Lipinski definition) is 5. The van der Waals surface area contributed by atoms with E-state index in [0.29, 0.717) is 19.0 Å². The van der Waals surface area contributed by atoms with Gasteiger partial charge in [0.25, 0.3) is 0 Å². The van der Waals surface area contributed by atoms with Gasteiger partial charge in [0, 0.05) is 23.2 Å². The van der Waals surface area contributed by atoms with Crippen LogP contribution in [0, 0.1) is 13.8 Å². The summed E-state index contributed by atoms with van der Waals surface area (Å²) in [6.45, 7) is 10.9. The van der Waals surface area contributed by atoms with E-state index in [1.807, 2.05) is 26.0 Å². The monoisotopic (exact) mass is 489 g/mol. The first-order chi connectivity index (χ1) is 12.1. The molecule has 2 N–H and O–H groups in total. The Morgan fingerprint density at radius 1 is 1.27 bits per heavy atom. The highest BCUT2D eigenvalue weighted by Crippen LogP contribution is 2.17. The molecule has 6 nitrogen and oxygen atoms in total. The average molecular weight is 489 g/mol. The van der Waals surface area contributed by atoms with E-state index in [9.17, 15) is 0 Å². The molecule has 0 saturated carbocycles. The lowest BCUT2D eigenvalue weighted by Crippen LogP contribution is -2.36. The minimum Gasteiger partial charge on any atom is -0.477 e. The third-order valence-corrected chi connectivity index (χ3v) is 4.53. The largest absolute Gasteiger partial charge is 0.477 e. The highest BCUT2D eigenvalue weighted by Gasteiger charge is 2.07. The molecule has 0 aliphatic rings. The minimum atomic E-state index is 0. The maximum Gasteiger partial charge on any atom is 0.218 e. The average Bonchev–Trinajstić information content (AvgIpc) is 2.93. The third-order valence-electron chi connectivity index (χ3n) is 3.46. The van der Waals surface area contributed by atoms with Gasteiger partial charge in [0.15, 0.2) is 5.96 Å². The Kier molecular flexibility index (Phi) is 10.5. The van der Waals surface area contributed by atoms with Crippen LogP contribution in [-0.4, -0.2) is 29.1 Å². The van der Waals surface area contributed by atoms with Crippen LogP contribution in [0.25, 0.3) is 0 Å². The molecule has 2 aromatic heterocycles. The number of halogens is 1. The lowest BCUT2D eigenvalue weighted by molar-refractivity contribution is 0.302. The molecule has 0 unspecified atom stereocenters. The molecule has 0 fully saturated rings. The molecule has 2 aromatic rings. The van der Waals surface area contributed by atoms with Crippen LogP contribution in [0.4, 0.5) is 0 Å². The number of hydrogen-bond donors (Lipinski definition) is 2. The van der Waals surface area contributed by atoms with E-state index in [1.165, 1.54) is 4.88 Å². The summed E-state index contributed by atoms with van der Waals surface area (Å²) in [6, 6.07) is 3.91. The predicted octanol–water partition coefficient (Wildman–Crippen LogP) is 3.82. The zero-order chi connectivity index (χ0) is 18.1. The van der Waals surface area contributed by atoms with Crippen molar-refractivity contribution in [3.05, 3.63) is 39.5 Å². The molecule has 0 atom stereocenters. The Morgan fingerprint density at radius 2 is 2.08 bits per heavy atom. The van der Waals surface area contributed by atoms with Crippen molar-refractivity contribution in [3.63, 3.8) is 0 Å². The van der Waals surface area contributed by atoms with Gasteiger partial charge in [-0.2, -0.15) is 0 Å². The fourth-order valence-electron chi connectivity index (χ4n) is 2.28. The predicted molar refractivity (Wildman–Crippen MR) is 119 cm³/mol. The highest BCUT2D eigenvalue weighted by atomic mass is 127. The quantitative estimate of drug-likeness (QED) is 0.335. The third kappa shape index (κ3) is 7.06. The van der Waals surface area contributed by atoms with Crippen LogP contribution in [-0.2, 0) is 13.1 Å². The van der Waals surface area contributed by atoms with Gasteiger partial charge >= 0.3 is 0 Å². The normalized spacial score (nSPS) is 11.0. The number of rotatable bonds is 8. The van der Waals surface area contributed by atoms with E-state index in [-0.39, 0.29) is 24.0 Å². The van der Waals surface area contributed by atoms with Crippen molar-refractivity contribution < 1.29 is 4.74 Å². The van der Waals surface area contributed by atoms with Crippen LogP contribution >= 0.6 is 35.3 Å². The molecule has 8 heteroatoms. The number of pyridine rings is 1. The molecule has 0 aliphatic heterocycles. The first-order valence-electron chi connectivity index (χ1n) is 8.65. The number of guanidine groups is 1. The smallest absolute Gasteiger partial charge is 0.218 e. The number of aryl methyl sites for hydroxylation is 2. The van der Waals surface area contributed by atoms with E-state index in [2.05, 4.69) is 39.4 Å². The summed E-state index contributed by atoms with van der Waals surface area (Å²) >= 11 is 1.71. The minimum absolute atomic E-state index is 0. The lowest BCUT2D eigenvalue weighted by atomic mass is 10.3. The molecule has 2 heterocycles. The second-order valence-electron chi connectivity index (χ2n) is 5.61. The van der Waals surface area contributed by atoms with Crippen molar-refractivity contribution in [2.24, 2.45) is 4.99 Å². The molecular weight excluding hydrogens is 461 g/mol. The van der Waals surface area contributed by atoms with Crippen LogP contribution in [0.2, 0.25) is 0 Å². The number of aromatic nitrogens is 2. The number of nitrogens with zero attached hydrogens (tertiary/aromatic N) is 3. The van der Waals surface area contributed by atoms with E-state index >= 15 is 0 Å². The molecule has 0 spiro atoms. The van der Waals surface area contributed by atoms with E-state index in [4.69, 9.17) is 4.74 Å². The zero-order valence-corrected chi connectivity index (χ0v) is 19.0. The van der Waals surface area contributed by atoms with Crippen LogP contribution < -0.4 is 15.4 Å². The topological polar surface area (TPSA) is 71.4 Å². The number of ether oxygens (including phenoxy) is 1. The second-order valence-corrected chi connectivity index (χ2v) is 6.89. The van der Waals surface area contributed by atoms with Crippen molar-refractivity contribution >= 4 is 41.3 Å². The van der Waals surface area contributed by atoms with Gasteiger partial charge in [0.1, 0.15) is 0 Å². The molecule has 0 amide bonds. The maximum atomic E-state index is 5.70. The molecule has 26 heavy (non-hydrogen) atoms. The summed E-state index contributed by atoms with van der Waals surface area (Å²) < 4.78 is 5.70. The summed E-state index contributed by atoms with van der Waals surface area (Å²) in [5.74, 6) is 1.44. The van der Waals surface area contributed by atoms with Crippen LogP contribution in [0.5, 0.6) is 5.88 Å². The molecule has 0 saturated heterocycles. The first kappa shape index (κ1) is 22.6. The van der Waals surface area contributed by atoms with Crippen LogP contribution in [0.1, 0.15) is 41.4 Å². The summed E-state index contributed by atoms with van der Waals surface area (Å²) in [4.78, 5) is 14.7. The molecule has 0 bridgehead atoms. The number of nitrogens with one attached hydrogen (secondary N) is 2. The standard InChI is InChI=1S/C18H27N5OS.HI/c1-5-10-24-17-15(8-7-9-20-17)11-21-18(19-6-2)22-12-16-13(3)23-14(4)25-16;/h7-9H,5-6,10-12H2,1-4H3,(H2,19,21,22);1H. The SMILES string of the molecule is CCCOc1ncccc1CN=C(NCC)NCc1sc(C)nc1C.I. The summed E-state index contributed by atoms with van der Waals surface area (Å²) in [5, 5.41) is 7.73. The van der Waals surface area contributed by atoms with Crippen molar-refractivity contribution in [1.82, 2.24) is 20.6 Å². The molecular formula is C18H28IN5OS. The van der Waals surface area contributed by atoms with E-state index in [0.717, 1.165) is 41.7 Å². The Morgan fingerprint density at radius 3 is 2.73 bits per heavy atom. The fraction of sp³-hybridized carbons (Fsp3) is 0.500. The van der Waals surface area contributed by atoms with Gasteiger partial charge in [-0.3, -0.25) is 0 Å². The van der Waals surface area contributed by atoms with Crippen molar-refractivity contribution in [3.8, 4) is 5.88 Å². The van der Waals surface area contributed by atoms with Crippen molar-refractivity contribution in [1.29, 1.82) is 0 Å². The molecule has 0 aromatic carbocycles. The van der Waals surface area contributed by atoms with Crippen molar-refractivity contribution in [2.45, 2.75) is 47.2 Å². The molecule has 0 radical (unpaired) electrons.